The Kier molecular flexibility index (Phi) is 5.31. The zero-order valence-electron chi connectivity index (χ0n) is 11.4. The Hall–Kier alpha value is -2.08. The van der Waals surface area contributed by atoms with Crippen LogP contribution < -0.4 is 0 Å². The van der Waals surface area contributed by atoms with E-state index in [0.717, 1.165) is 0 Å². The van der Waals surface area contributed by atoms with Gasteiger partial charge in [0.1, 0.15) is 5.82 Å². The molecule has 1 rings (SSSR count). The van der Waals surface area contributed by atoms with Crippen molar-refractivity contribution in [1.29, 1.82) is 0 Å². The number of hydrogen-bond donors (Lipinski definition) is 0. The molecule has 0 aliphatic rings. The lowest BCUT2D eigenvalue weighted by molar-refractivity contribution is -0.359. The Morgan fingerprint density at radius 1 is 0.920 bits per heavy atom. The average molecular weight is 390 g/mol. The molecule has 1 aromatic carbocycles. The van der Waals surface area contributed by atoms with Gasteiger partial charge in [0.25, 0.3) is 0 Å². The second-order valence-electron chi connectivity index (χ2n) is 4.55. The Morgan fingerprint density at radius 2 is 1.44 bits per heavy atom. The van der Waals surface area contributed by atoms with Gasteiger partial charge in [-0.05, 0) is 18.2 Å². The standard InChI is InChI=1S/C12H5F11O2/c13-7-3-5(1-2-6(7)10(16,17)18)8(24)25-4-9(14,15)11(19,20)12(21,22)23/h1-3H,4H2. The van der Waals surface area contributed by atoms with Gasteiger partial charge in [0.2, 0.25) is 0 Å². The summed E-state index contributed by atoms with van der Waals surface area (Å²) in [5.74, 6) is -16.4. The number of esters is 1. The van der Waals surface area contributed by atoms with Crippen molar-refractivity contribution in [2.45, 2.75) is 24.2 Å². The highest BCUT2D eigenvalue weighted by Gasteiger charge is 2.73. The van der Waals surface area contributed by atoms with Crippen LogP contribution in [-0.4, -0.2) is 30.6 Å². The van der Waals surface area contributed by atoms with Crippen LogP contribution in [0.2, 0.25) is 0 Å². The Morgan fingerprint density at radius 3 is 1.84 bits per heavy atom. The summed E-state index contributed by atoms with van der Waals surface area (Å²) in [6.07, 6.45) is -11.8. The van der Waals surface area contributed by atoms with Crippen molar-refractivity contribution < 1.29 is 57.8 Å². The van der Waals surface area contributed by atoms with Gasteiger partial charge in [-0.25, -0.2) is 9.18 Å². The van der Waals surface area contributed by atoms with Crippen LogP contribution in [0, 0.1) is 5.82 Å². The van der Waals surface area contributed by atoms with Crippen molar-refractivity contribution in [1.82, 2.24) is 0 Å². The molecule has 0 heterocycles. The zero-order chi connectivity index (χ0) is 19.8. The lowest BCUT2D eigenvalue weighted by Gasteiger charge is -2.27. The monoisotopic (exact) mass is 390 g/mol. The molecule has 0 aromatic heterocycles. The first-order valence-corrected chi connectivity index (χ1v) is 5.87. The first-order valence-electron chi connectivity index (χ1n) is 5.87. The predicted molar refractivity (Wildman–Crippen MR) is 57.6 cm³/mol. The highest BCUT2D eigenvalue weighted by atomic mass is 19.4. The van der Waals surface area contributed by atoms with Crippen molar-refractivity contribution in [3.63, 3.8) is 0 Å². The van der Waals surface area contributed by atoms with Crippen molar-refractivity contribution >= 4 is 5.97 Å². The smallest absolute Gasteiger partial charge is 0.455 e. The number of benzene rings is 1. The maximum absolute atomic E-state index is 13.2. The third kappa shape index (κ3) is 4.31. The molecule has 0 aliphatic heterocycles. The Balaban J connectivity index is 2.93. The van der Waals surface area contributed by atoms with Crippen LogP contribution in [0.4, 0.5) is 48.3 Å². The molecule has 0 N–H and O–H groups in total. The number of hydrogen-bond acceptors (Lipinski definition) is 2. The van der Waals surface area contributed by atoms with E-state index in [1.165, 1.54) is 0 Å². The van der Waals surface area contributed by atoms with Crippen LogP contribution in [0.1, 0.15) is 15.9 Å². The molecular formula is C12H5F11O2. The molecule has 142 valence electrons. The number of carbonyl (C=O) groups is 1. The van der Waals surface area contributed by atoms with Crippen molar-refractivity contribution in [2.75, 3.05) is 6.61 Å². The van der Waals surface area contributed by atoms with Crippen LogP contribution in [-0.2, 0) is 10.9 Å². The minimum atomic E-state index is -6.65. The summed E-state index contributed by atoms with van der Waals surface area (Å²) in [5, 5.41) is 0. The van der Waals surface area contributed by atoms with Crippen molar-refractivity contribution in [3.05, 3.63) is 35.1 Å². The number of carbonyl (C=O) groups excluding carboxylic acids is 1. The van der Waals surface area contributed by atoms with Gasteiger partial charge in [-0.3, -0.25) is 0 Å². The zero-order valence-corrected chi connectivity index (χ0v) is 11.4. The number of rotatable bonds is 4. The molecule has 25 heavy (non-hydrogen) atoms. The van der Waals surface area contributed by atoms with Gasteiger partial charge in [-0.1, -0.05) is 0 Å². The van der Waals surface area contributed by atoms with Gasteiger partial charge in [0.15, 0.2) is 6.61 Å². The van der Waals surface area contributed by atoms with E-state index in [1.807, 2.05) is 0 Å². The molecule has 0 bridgehead atoms. The summed E-state index contributed by atoms with van der Waals surface area (Å²) in [6, 6.07) is 0.216. The van der Waals surface area contributed by atoms with E-state index in [0.29, 0.717) is 0 Å². The van der Waals surface area contributed by atoms with Crippen molar-refractivity contribution in [2.24, 2.45) is 0 Å². The molecule has 0 radical (unpaired) electrons. The van der Waals surface area contributed by atoms with Gasteiger partial charge in [-0.15, -0.1) is 0 Å². The maximum atomic E-state index is 13.2. The molecule has 0 saturated carbocycles. The van der Waals surface area contributed by atoms with E-state index in [4.69, 9.17) is 0 Å². The fraction of sp³-hybridized carbons (Fsp3) is 0.417. The molecule has 0 aliphatic carbocycles. The van der Waals surface area contributed by atoms with Crippen LogP contribution in [0.25, 0.3) is 0 Å². The Bertz CT molecular complexity index is 645. The Labute approximate surface area is 131 Å². The third-order valence-electron chi connectivity index (χ3n) is 2.71. The second-order valence-corrected chi connectivity index (χ2v) is 4.55. The summed E-state index contributed by atoms with van der Waals surface area (Å²) in [7, 11) is 0. The molecule has 0 atom stereocenters. The molecule has 1 aromatic rings. The summed E-state index contributed by atoms with van der Waals surface area (Å²) < 4.78 is 140. The normalized spacial score (nSPS) is 13.7. The minimum Gasteiger partial charge on any atom is -0.455 e. The lowest BCUT2D eigenvalue weighted by Crippen LogP contribution is -2.54. The summed E-state index contributed by atoms with van der Waals surface area (Å²) in [6.45, 7) is -2.74. The van der Waals surface area contributed by atoms with Gasteiger partial charge in [0, 0.05) is 0 Å². The molecule has 13 heteroatoms. The van der Waals surface area contributed by atoms with E-state index in [9.17, 15) is 53.1 Å². The fourth-order valence-electron chi connectivity index (χ4n) is 1.41. The third-order valence-corrected chi connectivity index (χ3v) is 2.71. The summed E-state index contributed by atoms with van der Waals surface area (Å²) in [5.41, 5.74) is -2.92. The first-order chi connectivity index (χ1) is 11.0. The van der Waals surface area contributed by atoms with Crippen molar-refractivity contribution in [3.8, 4) is 0 Å². The van der Waals surface area contributed by atoms with E-state index in [-0.39, 0.29) is 18.2 Å². The predicted octanol–water partition coefficient (Wildman–Crippen LogP) is 4.83. The molecule has 2 nitrogen and oxygen atoms in total. The molecular weight excluding hydrogens is 385 g/mol. The van der Waals surface area contributed by atoms with Gasteiger partial charge in [-0.2, -0.15) is 43.9 Å². The number of halogens is 11. The first kappa shape index (κ1) is 21.0. The quantitative estimate of drug-likeness (QED) is 0.544. The SMILES string of the molecule is O=C(OCC(F)(F)C(F)(F)C(F)(F)F)c1ccc(C(F)(F)F)c(F)c1. The van der Waals surface area contributed by atoms with Crippen LogP contribution in [0.15, 0.2) is 18.2 Å². The molecule has 0 amide bonds. The maximum Gasteiger partial charge on any atom is 0.460 e. The number of ether oxygens (including phenoxy) is 1. The highest BCUT2D eigenvalue weighted by molar-refractivity contribution is 5.89. The van der Waals surface area contributed by atoms with Crippen LogP contribution in [0.5, 0.6) is 0 Å². The second kappa shape index (κ2) is 6.33. The fourth-order valence-corrected chi connectivity index (χ4v) is 1.41. The molecule has 0 unspecified atom stereocenters. The van der Waals surface area contributed by atoms with E-state index in [1.54, 1.807) is 0 Å². The minimum absolute atomic E-state index is 0.0361. The van der Waals surface area contributed by atoms with E-state index in [2.05, 4.69) is 4.74 Å². The number of alkyl halides is 10. The van der Waals surface area contributed by atoms with E-state index >= 15 is 0 Å². The molecule has 0 saturated heterocycles. The van der Waals surface area contributed by atoms with Crippen LogP contribution >= 0.6 is 0 Å². The van der Waals surface area contributed by atoms with Gasteiger partial charge in [0.05, 0.1) is 11.1 Å². The summed E-state index contributed by atoms with van der Waals surface area (Å²) in [4.78, 5) is 11.3. The molecule has 0 fully saturated rings. The van der Waals surface area contributed by atoms with Gasteiger partial charge < -0.3 is 4.74 Å². The summed E-state index contributed by atoms with van der Waals surface area (Å²) >= 11 is 0. The highest BCUT2D eigenvalue weighted by Crippen LogP contribution is 2.46. The average Bonchev–Trinajstić information content (AvgIpc) is 2.41. The topological polar surface area (TPSA) is 26.3 Å². The lowest BCUT2D eigenvalue weighted by atomic mass is 10.1. The molecule has 0 spiro atoms. The van der Waals surface area contributed by atoms with E-state index < -0.39 is 53.7 Å². The van der Waals surface area contributed by atoms with Gasteiger partial charge >= 0.3 is 30.2 Å². The van der Waals surface area contributed by atoms with Crippen LogP contribution in [0.3, 0.4) is 0 Å². The largest absolute Gasteiger partial charge is 0.460 e.